The zero-order valence-corrected chi connectivity index (χ0v) is 11.2. The van der Waals surface area contributed by atoms with Crippen molar-refractivity contribution in [2.24, 2.45) is 5.92 Å². The Morgan fingerprint density at radius 1 is 1.32 bits per heavy atom. The molecule has 0 spiro atoms. The molecule has 0 radical (unpaired) electrons. The van der Waals surface area contributed by atoms with Crippen molar-refractivity contribution < 1.29 is 13.2 Å². The van der Waals surface area contributed by atoms with Crippen molar-refractivity contribution in [2.45, 2.75) is 44.8 Å². The average molecular weight is 294 g/mol. The summed E-state index contributed by atoms with van der Waals surface area (Å²) in [5.41, 5.74) is -1.01. The van der Waals surface area contributed by atoms with Crippen LogP contribution in [0.1, 0.15) is 38.3 Å². The van der Waals surface area contributed by atoms with Crippen LogP contribution in [0.2, 0.25) is 5.28 Å². The van der Waals surface area contributed by atoms with Crippen LogP contribution in [0.15, 0.2) is 6.07 Å². The lowest BCUT2D eigenvalue weighted by Gasteiger charge is -2.28. The van der Waals surface area contributed by atoms with Crippen molar-refractivity contribution in [3.8, 4) is 0 Å². The smallest absolute Gasteiger partial charge is 0.367 e. The van der Waals surface area contributed by atoms with E-state index in [-0.39, 0.29) is 17.1 Å². The molecule has 1 aromatic heterocycles. The standard InChI is InChI=1S/C12H15ClF3N3/c1-7-3-2-4-8(5-7)17-10-6-9(12(14,15)16)18-11(13)19-10/h6-8H,2-5H2,1H3,(H,17,18,19). The molecule has 1 saturated carbocycles. The zero-order valence-electron chi connectivity index (χ0n) is 10.5. The molecular formula is C12H15ClF3N3. The second kappa shape index (κ2) is 5.53. The fourth-order valence-electron chi connectivity index (χ4n) is 2.41. The lowest BCUT2D eigenvalue weighted by atomic mass is 9.87. The Morgan fingerprint density at radius 2 is 2.05 bits per heavy atom. The van der Waals surface area contributed by atoms with Crippen molar-refractivity contribution in [3.05, 3.63) is 17.0 Å². The van der Waals surface area contributed by atoms with Crippen LogP contribution in [0.25, 0.3) is 0 Å². The van der Waals surface area contributed by atoms with Crippen molar-refractivity contribution in [2.75, 3.05) is 5.32 Å². The highest BCUT2D eigenvalue weighted by atomic mass is 35.5. The molecule has 0 bridgehead atoms. The summed E-state index contributed by atoms with van der Waals surface area (Å²) < 4.78 is 37.8. The average Bonchev–Trinajstić information content (AvgIpc) is 2.26. The Labute approximate surface area is 114 Å². The summed E-state index contributed by atoms with van der Waals surface area (Å²) >= 11 is 5.54. The van der Waals surface area contributed by atoms with Crippen LogP contribution >= 0.6 is 11.6 Å². The molecule has 1 heterocycles. The van der Waals surface area contributed by atoms with Gasteiger partial charge in [-0.25, -0.2) is 9.97 Å². The largest absolute Gasteiger partial charge is 0.433 e. The van der Waals surface area contributed by atoms with Gasteiger partial charge in [-0.2, -0.15) is 13.2 Å². The van der Waals surface area contributed by atoms with Crippen LogP contribution in [0, 0.1) is 5.92 Å². The van der Waals surface area contributed by atoms with E-state index in [4.69, 9.17) is 11.6 Å². The number of nitrogens with zero attached hydrogens (tertiary/aromatic N) is 2. The molecule has 2 unspecified atom stereocenters. The summed E-state index contributed by atoms with van der Waals surface area (Å²) in [6.07, 6.45) is -0.403. The molecule has 2 atom stereocenters. The molecular weight excluding hydrogens is 279 g/mol. The minimum Gasteiger partial charge on any atom is -0.367 e. The Morgan fingerprint density at radius 3 is 2.68 bits per heavy atom. The molecule has 0 saturated heterocycles. The Bertz CT molecular complexity index is 450. The van der Waals surface area contributed by atoms with E-state index < -0.39 is 11.9 Å². The summed E-state index contributed by atoms with van der Waals surface area (Å²) in [4.78, 5) is 7.01. The highest BCUT2D eigenvalue weighted by Crippen LogP contribution is 2.31. The van der Waals surface area contributed by atoms with Crippen LogP contribution in [-0.4, -0.2) is 16.0 Å². The third-order valence-corrected chi connectivity index (χ3v) is 3.45. The van der Waals surface area contributed by atoms with Gasteiger partial charge in [0.05, 0.1) is 0 Å². The minimum atomic E-state index is -4.51. The monoisotopic (exact) mass is 293 g/mol. The first-order chi connectivity index (χ1) is 8.84. The van der Waals surface area contributed by atoms with Gasteiger partial charge in [0.1, 0.15) is 5.82 Å². The van der Waals surface area contributed by atoms with Gasteiger partial charge in [-0.3, -0.25) is 0 Å². The molecule has 1 aromatic rings. The Balaban J connectivity index is 2.14. The van der Waals surface area contributed by atoms with E-state index in [0.717, 1.165) is 31.7 Å². The molecule has 3 nitrogen and oxygen atoms in total. The van der Waals surface area contributed by atoms with Crippen molar-refractivity contribution >= 4 is 17.4 Å². The zero-order chi connectivity index (χ0) is 14.0. The van der Waals surface area contributed by atoms with Gasteiger partial charge in [0.15, 0.2) is 5.69 Å². The van der Waals surface area contributed by atoms with Crippen molar-refractivity contribution in [3.63, 3.8) is 0 Å². The summed E-state index contributed by atoms with van der Waals surface area (Å²) in [5.74, 6) is 0.720. The molecule has 0 amide bonds. The van der Waals surface area contributed by atoms with E-state index in [1.165, 1.54) is 0 Å². The lowest BCUT2D eigenvalue weighted by molar-refractivity contribution is -0.141. The number of anilines is 1. The third kappa shape index (κ3) is 3.96. The number of hydrogen-bond donors (Lipinski definition) is 1. The molecule has 1 aliphatic rings. The number of halogens is 4. The molecule has 2 rings (SSSR count). The van der Waals surface area contributed by atoms with Crippen molar-refractivity contribution in [1.29, 1.82) is 0 Å². The number of alkyl halides is 3. The maximum atomic E-state index is 12.6. The van der Waals surface area contributed by atoms with Crippen LogP contribution in [0.3, 0.4) is 0 Å². The van der Waals surface area contributed by atoms with Crippen LogP contribution < -0.4 is 5.32 Å². The topological polar surface area (TPSA) is 37.8 Å². The molecule has 7 heteroatoms. The van der Waals surface area contributed by atoms with Gasteiger partial charge in [-0.15, -0.1) is 0 Å². The predicted octanol–water partition coefficient (Wildman–Crippen LogP) is 4.14. The fourth-order valence-corrected chi connectivity index (χ4v) is 2.59. The molecule has 19 heavy (non-hydrogen) atoms. The second-order valence-corrected chi connectivity index (χ2v) is 5.36. The lowest BCUT2D eigenvalue weighted by Crippen LogP contribution is -2.27. The van der Waals surface area contributed by atoms with Crippen LogP contribution in [0.5, 0.6) is 0 Å². The van der Waals surface area contributed by atoms with Gasteiger partial charge in [0.2, 0.25) is 5.28 Å². The SMILES string of the molecule is CC1CCCC(Nc2cc(C(F)(F)F)nc(Cl)n2)C1. The van der Waals surface area contributed by atoms with Gasteiger partial charge < -0.3 is 5.32 Å². The minimum absolute atomic E-state index is 0.145. The van der Waals surface area contributed by atoms with E-state index in [9.17, 15) is 13.2 Å². The number of hydrogen-bond acceptors (Lipinski definition) is 3. The van der Waals surface area contributed by atoms with E-state index in [1.807, 2.05) is 0 Å². The molecule has 106 valence electrons. The maximum Gasteiger partial charge on any atom is 0.433 e. The number of nitrogens with one attached hydrogen (secondary N) is 1. The van der Waals surface area contributed by atoms with E-state index in [0.29, 0.717) is 5.92 Å². The first-order valence-electron chi connectivity index (χ1n) is 6.23. The van der Waals surface area contributed by atoms with Gasteiger partial charge >= 0.3 is 6.18 Å². The summed E-state index contributed by atoms with van der Waals surface area (Å²) in [6.45, 7) is 2.14. The molecule has 1 N–H and O–H groups in total. The highest BCUT2D eigenvalue weighted by Gasteiger charge is 2.33. The van der Waals surface area contributed by atoms with E-state index in [2.05, 4.69) is 22.2 Å². The van der Waals surface area contributed by atoms with Crippen LogP contribution in [0.4, 0.5) is 19.0 Å². The normalized spacial score (nSPS) is 24.3. The van der Waals surface area contributed by atoms with Gasteiger partial charge in [0, 0.05) is 12.1 Å². The fraction of sp³-hybridized carbons (Fsp3) is 0.667. The number of rotatable bonds is 2. The molecule has 0 aromatic carbocycles. The number of aromatic nitrogens is 2. The van der Waals surface area contributed by atoms with Crippen LogP contribution in [-0.2, 0) is 6.18 Å². The van der Waals surface area contributed by atoms with Crippen molar-refractivity contribution in [1.82, 2.24) is 9.97 Å². The third-order valence-electron chi connectivity index (χ3n) is 3.28. The molecule has 1 aliphatic carbocycles. The summed E-state index contributed by atoms with van der Waals surface area (Å²) in [7, 11) is 0. The Kier molecular flexibility index (Phi) is 4.18. The highest BCUT2D eigenvalue weighted by molar-refractivity contribution is 6.28. The van der Waals surface area contributed by atoms with Gasteiger partial charge in [-0.05, 0) is 30.4 Å². The molecule has 0 aliphatic heterocycles. The second-order valence-electron chi connectivity index (χ2n) is 5.02. The van der Waals surface area contributed by atoms with Gasteiger partial charge in [0.25, 0.3) is 0 Å². The summed E-state index contributed by atoms with van der Waals surface area (Å²) in [6, 6.07) is 1.06. The Hall–Kier alpha value is -1.04. The first-order valence-corrected chi connectivity index (χ1v) is 6.60. The van der Waals surface area contributed by atoms with E-state index >= 15 is 0 Å². The molecule has 1 fully saturated rings. The quantitative estimate of drug-likeness (QED) is 0.833. The van der Waals surface area contributed by atoms with Gasteiger partial charge in [-0.1, -0.05) is 19.8 Å². The predicted molar refractivity (Wildman–Crippen MR) is 67.1 cm³/mol. The maximum absolute atomic E-state index is 12.6. The first kappa shape index (κ1) is 14.4. The summed E-state index contributed by atoms with van der Waals surface area (Å²) in [5, 5.41) is 2.64. The van der Waals surface area contributed by atoms with E-state index in [1.54, 1.807) is 0 Å².